The van der Waals surface area contributed by atoms with Crippen LogP contribution in [0.1, 0.15) is 133 Å². The van der Waals surface area contributed by atoms with Crippen LogP contribution < -0.4 is 32.7 Å². The number of rotatable bonds is 16. The van der Waals surface area contributed by atoms with E-state index in [1.807, 2.05) is 78.9 Å². The molecule has 0 radical (unpaired) electrons. The van der Waals surface area contributed by atoms with Gasteiger partial charge in [0.25, 0.3) is 0 Å². The van der Waals surface area contributed by atoms with Crippen LogP contribution in [0, 0.1) is 5.92 Å². The van der Waals surface area contributed by atoms with Crippen LogP contribution in [0.25, 0.3) is 11.0 Å². The lowest BCUT2D eigenvalue weighted by Crippen LogP contribution is -2.62. The predicted molar refractivity (Wildman–Crippen MR) is 269 cm³/mol. The molecular weight excluding hydrogens is 935 g/mol. The first kappa shape index (κ1) is 52.0. The van der Waals surface area contributed by atoms with Crippen molar-refractivity contribution in [3.63, 3.8) is 0 Å². The monoisotopic (exact) mass is 1000 g/mol. The number of nitrogens with one attached hydrogen (secondary N) is 4. The summed E-state index contributed by atoms with van der Waals surface area (Å²) in [6.45, 7) is 5.23. The molecule has 4 fully saturated rings. The Hall–Kier alpha value is -7.31. The zero-order chi connectivity index (χ0) is 52.1. The number of benzene rings is 3. The molecular formula is C54H67N9O10. The molecule has 1 saturated carbocycles. The maximum Gasteiger partial charge on any atom is 0.408 e. The number of alkyl carbamates (subject to hydrolysis) is 1. The Bertz CT molecular complexity index is 2760. The molecule has 3 aliphatic heterocycles. The molecule has 4 heterocycles. The van der Waals surface area contributed by atoms with E-state index in [9.17, 15) is 43.2 Å². The molecule has 0 spiro atoms. The van der Waals surface area contributed by atoms with Gasteiger partial charge in [0.15, 0.2) is 0 Å². The van der Waals surface area contributed by atoms with Crippen molar-refractivity contribution in [1.82, 2.24) is 40.2 Å². The zero-order valence-electron chi connectivity index (χ0n) is 42.0. The van der Waals surface area contributed by atoms with E-state index < -0.39 is 77.5 Å². The van der Waals surface area contributed by atoms with E-state index in [1.165, 1.54) is 9.47 Å². The average molecular weight is 1000 g/mol. The van der Waals surface area contributed by atoms with Crippen LogP contribution in [0.15, 0.2) is 83.7 Å². The fourth-order valence-corrected chi connectivity index (χ4v) is 10.9. The smallest absolute Gasteiger partial charge is 0.408 e. The first-order chi connectivity index (χ1) is 34.8. The number of amides is 8. The van der Waals surface area contributed by atoms with Gasteiger partial charge in [-0.25, -0.2) is 9.59 Å². The topological polar surface area (TPSA) is 253 Å². The van der Waals surface area contributed by atoms with Crippen LogP contribution in [-0.2, 0) is 45.3 Å². The summed E-state index contributed by atoms with van der Waals surface area (Å²) in [5.41, 5.74) is 8.38. The number of ether oxygens (including phenoxy) is 1. The second-order valence-corrected chi connectivity index (χ2v) is 21.0. The highest BCUT2D eigenvalue weighted by Crippen LogP contribution is 2.45. The van der Waals surface area contributed by atoms with Crippen LogP contribution in [0.4, 0.5) is 4.79 Å². The highest BCUT2D eigenvalue weighted by atomic mass is 16.6. The van der Waals surface area contributed by atoms with E-state index in [4.69, 9.17) is 10.5 Å². The number of imide groups is 1. The molecule has 4 aliphatic rings. The molecule has 1 aromatic heterocycles. The average Bonchev–Trinajstić information content (AvgIpc) is 3.87. The molecule has 8 rings (SSSR count). The first-order valence-corrected chi connectivity index (χ1v) is 25.5. The van der Waals surface area contributed by atoms with Crippen LogP contribution >= 0.6 is 0 Å². The third-order valence-electron chi connectivity index (χ3n) is 14.7. The third kappa shape index (κ3) is 12.1. The van der Waals surface area contributed by atoms with Crippen molar-refractivity contribution in [3.05, 3.63) is 106 Å². The zero-order valence-corrected chi connectivity index (χ0v) is 42.0. The second kappa shape index (κ2) is 22.2. The molecule has 3 saturated heterocycles. The fraction of sp³-hybridized carbons (Fsp3) is 0.500. The Morgan fingerprint density at radius 2 is 1.52 bits per heavy atom. The van der Waals surface area contributed by atoms with Crippen molar-refractivity contribution in [1.29, 1.82) is 0 Å². The molecule has 3 aromatic carbocycles. The van der Waals surface area contributed by atoms with Gasteiger partial charge in [0.05, 0.1) is 23.6 Å². The summed E-state index contributed by atoms with van der Waals surface area (Å²) in [4.78, 5) is 123. The molecule has 1 aliphatic carbocycles. The largest absolute Gasteiger partial charge is 0.444 e. The SMILES string of the molecule is Cn1c(=O)n(C2CCC(=O)NC2=O)c2ccc(C3CC(CCCC(=O)N4CC[C@H]5CC[C@@H](C(=O)NC(CCC(N)=O)C(=O)NC(c6ccccc6)c6ccccc6)N5C(=O)[C@@H](NC(=O)OC(C)(C)C)C4)C3)cc21. The van der Waals surface area contributed by atoms with Gasteiger partial charge in [0.2, 0.25) is 41.4 Å². The molecule has 4 aromatic rings. The molecule has 5 atom stereocenters. The van der Waals surface area contributed by atoms with Gasteiger partial charge in [0, 0.05) is 38.9 Å². The Labute approximate surface area is 423 Å². The highest BCUT2D eigenvalue weighted by molar-refractivity contribution is 6.00. The summed E-state index contributed by atoms with van der Waals surface area (Å²) in [5, 5.41) is 10.9. The standard InChI is InChI=1S/C54H67N9O10/c1-54(2,3)73-52(71)57-39-31-61(46(66)17-11-12-32-28-36(29-32)35-18-21-40-43(30-35)60(4)53(72)63(40)42-23-25-45(65)58-50(42)69)27-26-37-19-22-41(62(37)51(39)70)49(68)56-38(20-24-44(55)64)48(67)59-47(33-13-7-5-8-14-33)34-15-9-6-10-16-34/h5-10,13-16,18,21,30,32,36-39,41-42,47H,11-12,17,19-20,22-29,31H2,1-4H3,(H2,55,64)(H,56,68)(H,57,71)(H,59,67)(H,58,65,69)/t32?,36?,37-,38?,39+,41+,42?/m1/s1. The van der Waals surface area contributed by atoms with Crippen LogP contribution in [-0.4, -0.2) is 109 Å². The van der Waals surface area contributed by atoms with Crippen LogP contribution in [0.2, 0.25) is 0 Å². The van der Waals surface area contributed by atoms with E-state index in [0.29, 0.717) is 36.2 Å². The van der Waals surface area contributed by atoms with Gasteiger partial charge in [-0.2, -0.15) is 0 Å². The summed E-state index contributed by atoms with van der Waals surface area (Å²) in [6.07, 6.45) is 3.88. The number of aryl methyl sites for hydroxylation is 1. The van der Waals surface area contributed by atoms with Gasteiger partial charge >= 0.3 is 11.8 Å². The Morgan fingerprint density at radius 1 is 0.836 bits per heavy atom. The highest BCUT2D eigenvalue weighted by Gasteiger charge is 2.46. The molecule has 19 nitrogen and oxygen atoms in total. The molecule has 73 heavy (non-hydrogen) atoms. The minimum absolute atomic E-state index is 0.0845. The van der Waals surface area contributed by atoms with E-state index in [0.717, 1.165) is 36.0 Å². The molecule has 6 N–H and O–H groups in total. The maximum absolute atomic E-state index is 14.7. The molecule has 2 unspecified atom stereocenters. The van der Waals surface area contributed by atoms with Crippen molar-refractivity contribution in [2.45, 2.75) is 146 Å². The quantitative estimate of drug-likeness (QED) is 0.100. The minimum Gasteiger partial charge on any atom is -0.444 e. The van der Waals surface area contributed by atoms with Gasteiger partial charge in [-0.15, -0.1) is 0 Å². The number of nitrogens with zero attached hydrogens (tertiary/aromatic N) is 4. The van der Waals surface area contributed by atoms with Crippen molar-refractivity contribution in [3.8, 4) is 0 Å². The van der Waals surface area contributed by atoms with Crippen molar-refractivity contribution in [2.75, 3.05) is 13.1 Å². The predicted octanol–water partition coefficient (Wildman–Crippen LogP) is 4.12. The summed E-state index contributed by atoms with van der Waals surface area (Å²) in [6, 6.07) is 19.4. The Kier molecular flexibility index (Phi) is 15.8. The third-order valence-corrected chi connectivity index (χ3v) is 14.7. The number of aromatic nitrogens is 2. The summed E-state index contributed by atoms with van der Waals surface area (Å²) in [5.74, 6) is -2.65. The summed E-state index contributed by atoms with van der Waals surface area (Å²) >= 11 is 0. The van der Waals surface area contributed by atoms with Gasteiger partial charge in [-0.1, -0.05) is 66.7 Å². The second-order valence-electron chi connectivity index (χ2n) is 21.0. The van der Waals surface area contributed by atoms with Gasteiger partial charge in [-0.3, -0.25) is 48.0 Å². The first-order valence-electron chi connectivity index (χ1n) is 25.5. The number of primary amides is 1. The van der Waals surface area contributed by atoms with E-state index >= 15 is 0 Å². The van der Waals surface area contributed by atoms with Crippen LogP contribution in [0.5, 0.6) is 0 Å². The number of imidazole rings is 1. The fourth-order valence-electron chi connectivity index (χ4n) is 10.9. The number of hydrogen-bond donors (Lipinski definition) is 5. The molecule has 8 amide bonds. The van der Waals surface area contributed by atoms with Gasteiger partial charge in [-0.05, 0) is 119 Å². The number of piperidine rings is 1. The lowest BCUT2D eigenvalue weighted by molar-refractivity contribution is -0.146. The number of carbonyl (C=O) groups excluding carboxylic acids is 8. The van der Waals surface area contributed by atoms with Gasteiger partial charge in [0.1, 0.15) is 29.8 Å². The molecule has 0 bridgehead atoms. The number of fused-ring (bicyclic) bond motifs is 2. The Morgan fingerprint density at radius 3 is 2.16 bits per heavy atom. The number of nitrogens with two attached hydrogens (primary N) is 1. The molecule has 388 valence electrons. The lowest BCUT2D eigenvalue weighted by atomic mass is 9.69. The normalized spacial score (nSPS) is 22.6. The number of carbonyl (C=O) groups is 8. The van der Waals surface area contributed by atoms with Crippen molar-refractivity contribution >= 4 is 58.5 Å². The van der Waals surface area contributed by atoms with E-state index in [-0.39, 0.29) is 75.0 Å². The lowest BCUT2D eigenvalue weighted by Gasteiger charge is -2.39. The van der Waals surface area contributed by atoms with E-state index in [1.54, 1.807) is 37.3 Å². The van der Waals surface area contributed by atoms with Crippen molar-refractivity contribution in [2.24, 2.45) is 18.7 Å². The van der Waals surface area contributed by atoms with Crippen LogP contribution in [0.3, 0.4) is 0 Å². The maximum atomic E-state index is 14.7. The van der Waals surface area contributed by atoms with Crippen molar-refractivity contribution < 1.29 is 43.1 Å². The molecule has 19 heteroatoms. The van der Waals surface area contributed by atoms with Gasteiger partial charge < -0.3 is 36.2 Å². The van der Waals surface area contributed by atoms with E-state index in [2.05, 4.69) is 21.3 Å². The summed E-state index contributed by atoms with van der Waals surface area (Å²) in [7, 11) is 1.68. The number of hydrogen-bond acceptors (Lipinski definition) is 10. The summed E-state index contributed by atoms with van der Waals surface area (Å²) < 4.78 is 8.57. The minimum atomic E-state index is -1.24. The Balaban J connectivity index is 0.902.